The largest absolute Gasteiger partial charge is 0.296 e. The molecule has 1 aromatic heterocycles. The number of carbonyl (C=O) groups excluding carboxylic acids is 1. The first-order valence-electron chi connectivity index (χ1n) is 3.81. The Morgan fingerprint density at radius 1 is 1.69 bits per heavy atom. The SMILES string of the molecule is Cc1cc(CC(=O)C(F)F)n(C)n1. The van der Waals surface area contributed by atoms with Crippen LogP contribution in [0, 0.1) is 6.92 Å². The lowest BCUT2D eigenvalue weighted by Gasteiger charge is -1.99. The van der Waals surface area contributed by atoms with Gasteiger partial charge in [0.2, 0.25) is 5.78 Å². The van der Waals surface area contributed by atoms with Gasteiger partial charge in [0.15, 0.2) is 0 Å². The summed E-state index contributed by atoms with van der Waals surface area (Å²) < 4.78 is 25.2. The van der Waals surface area contributed by atoms with Crippen molar-refractivity contribution in [2.45, 2.75) is 19.8 Å². The first kappa shape index (κ1) is 9.83. The molecule has 0 aromatic carbocycles. The summed E-state index contributed by atoms with van der Waals surface area (Å²) >= 11 is 0. The molecular weight excluding hydrogens is 178 g/mol. The smallest absolute Gasteiger partial charge is 0.293 e. The minimum atomic E-state index is -2.89. The van der Waals surface area contributed by atoms with E-state index in [9.17, 15) is 13.6 Å². The number of Topliss-reactive ketones (excluding diaryl/α,β-unsaturated/α-hetero) is 1. The van der Waals surface area contributed by atoms with Crippen molar-refractivity contribution < 1.29 is 13.6 Å². The highest BCUT2D eigenvalue weighted by Crippen LogP contribution is 2.06. The molecule has 0 amide bonds. The summed E-state index contributed by atoms with van der Waals surface area (Å²) in [7, 11) is 1.63. The molecule has 0 spiro atoms. The van der Waals surface area contributed by atoms with Gasteiger partial charge in [-0.2, -0.15) is 5.10 Å². The van der Waals surface area contributed by atoms with Crippen molar-refractivity contribution in [3.05, 3.63) is 17.5 Å². The molecule has 0 aliphatic rings. The van der Waals surface area contributed by atoms with E-state index in [2.05, 4.69) is 5.10 Å². The van der Waals surface area contributed by atoms with Gasteiger partial charge in [-0.05, 0) is 13.0 Å². The number of hydrogen-bond donors (Lipinski definition) is 0. The predicted octanol–water partition coefficient (Wildman–Crippen LogP) is 1.11. The van der Waals surface area contributed by atoms with Gasteiger partial charge in [0.05, 0.1) is 12.1 Å². The first-order valence-corrected chi connectivity index (χ1v) is 3.81. The maximum absolute atomic E-state index is 11.9. The zero-order chi connectivity index (χ0) is 10.0. The Morgan fingerprint density at radius 3 is 2.69 bits per heavy atom. The molecule has 13 heavy (non-hydrogen) atoms. The van der Waals surface area contributed by atoms with E-state index in [1.54, 1.807) is 20.0 Å². The van der Waals surface area contributed by atoms with Gasteiger partial charge in [0, 0.05) is 12.7 Å². The van der Waals surface area contributed by atoms with Crippen LogP contribution >= 0.6 is 0 Å². The molecule has 0 saturated carbocycles. The highest BCUT2D eigenvalue weighted by atomic mass is 19.3. The lowest BCUT2D eigenvalue weighted by Crippen LogP contribution is -2.14. The van der Waals surface area contributed by atoms with E-state index < -0.39 is 12.2 Å². The van der Waals surface area contributed by atoms with Crippen LogP contribution in [0.2, 0.25) is 0 Å². The van der Waals surface area contributed by atoms with E-state index in [0.717, 1.165) is 5.69 Å². The standard InChI is InChI=1S/C8H10F2N2O/c1-5-3-6(12(2)11-5)4-7(13)8(9)10/h3,8H,4H2,1-2H3. The number of aromatic nitrogens is 2. The second-order valence-corrected chi connectivity index (χ2v) is 2.84. The molecule has 0 N–H and O–H groups in total. The van der Waals surface area contributed by atoms with Crippen LogP contribution in [-0.2, 0) is 18.3 Å². The monoisotopic (exact) mass is 188 g/mol. The van der Waals surface area contributed by atoms with Crippen molar-refractivity contribution in [2.24, 2.45) is 7.05 Å². The predicted molar refractivity (Wildman–Crippen MR) is 42.7 cm³/mol. The molecule has 72 valence electrons. The van der Waals surface area contributed by atoms with E-state index >= 15 is 0 Å². The number of carbonyl (C=O) groups is 1. The quantitative estimate of drug-likeness (QED) is 0.712. The van der Waals surface area contributed by atoms with Crippen LogP contribution in [0.3, 0.4) is 0 Å². The van der Waals surface area contributed by atoms with Gasteiger partial charge < -0.3 is 0 Å². The van der Waals surface area contributed by atoms with Crippen molar-refractivity contribution in [2.75, 3.05) is 0 Å². The van der Waals surface area contributed by atoms with Gasteiger partial charge in [0.25, 0.3) is 6.43 Å². The fraction of sp³-hybridized carbons (Fsp3) is 0.500. The van der Waals surface area contributed by atoms with Gasteiger partial charge in [0.1, 0.15) is 0 Å². The summed E-state index contributed by atoms with van der Waals surface area (Å²) in [4.78, 5) is 10.7. The van der Waals surface area contributed by atoms with Gasteiger partial charge in [-0.15, -0.1) is 0 Å². The molecule has 1 heterocycles. The van der Waals surface area contributed by atoms with Crippen LogP contribution in [0.5, 0.6) is 0 Å². The second-order valence-electron chi connectivity index (χ2n) is 2.84. The van der Waals surface area contributed by atoms with Crippen LogP contribution in [0.25, 0.3) is 0 Å². The molecule has 1 rings (SSSR count). The summed E-state index contributed by atoms with van der Waals surface area (Å²) in [5.74, 6) is -1.07. The van der Waals surface area contributed by atoms with Crippen molar-refractivity contribution in [1.82, 2.24) is 9.78 Å². The van der Waals surface area contributed by atoms with E-state index in [-0.39, 0.29) is 6.42 Å². The van der Waals surface area contributed by atoms with Gasteiger partial charge in [-0.3, -0.25) is 9.48 Å². The fourth-order valence-corrected chi connectivity index (χ4v) is 1.09. The van der Waals surface area contributed by atoms with Crippen molar-refractivity contribution >= 4 is 5.78 Å². The number of ketones is 1. The fourth-order valence-electron chi connectivity index (χ4n) is 1.09. The number of alkyl halides is 2. The summed E-state index contributed by atoms with van der Waals surface area (Å²) in [5, 5.41) is 3.94. The molecule has 0 radical (unpaired) electrons. The molecule has 5 heteroatoms. The Morgan fingerprint density at radius 2 is 2.31 bits per heavy atom. The lowest BCUT2D eigenvalue weighted by molar-refractivity contribution is -0.128. The summed E-state index contributed by atoms with van der Waals surface area (Å²) in [6.45, 7) is 1.75. The van der Waals surface area contributed by atoms with Gasteiger partial charge >= 0.3 is 0 Å². The maximum Gasteiger partial charge on any atom is 0.296 e. The zero-order valence-electron chi connectivity index (χ0n) is 7.42. The molecule has 0 fully saturated rings. The van der Waals surface area contributed by atoms with Gasteiger partial charge in [-0.25, -0.2) is 8.78 Å². The number of rotatable bonds is 3. The second kappa shape index (κ2) is 3.64. The highest BCUT2D eigenvalue weighted by molar-refractivity contribution is 5.83. The Kier molecular flexibility index (Phi) is 2.75. The van der Waals surface area contributed by atoms with Crippen LogP contribution in [0.4, 0.5) is 8.78 Å². The van der Waals surface area contributed by atoms with Crippen LogP contribution < -0.4 is 0 Å². The molecule has 0 aliphatic heterocycles. The number of halogens is 2. The Hall–Kier alpha value is -1.26. The first-order chi connectivity index (χ1) is 6.00. The van der Waals surface area contributed by atoms with Crippen LogP contribution in [0.15, 0.2) is 6.07 Å². The molecule has 0 saturated heterocycles. The topological polar surface area (TPSA) is 34.9 Å². The third-order valence-corrected chi connectivity index (χ3v) is 1.70. The average Bonchev–Trinajstić information content (AvgIpc) is 2.30. The van der Waals surface area contributed by atoms with Crippen molar-refractivity contribution in [3.63, 3.8) is 0 Å². The lowest BCUT2D eigenvalue weighted by atomic mass is 10.2. The van der Waals surface area contributed by atoms with Crippen LogP contribution in [0.1, 0.15) is 11.4 Å². The normalized spacial score (nSPS) is 10.8. The van der Waals surface area contributed by atoms with Crippen LogP contribution in [-0.4, -0.2) is 22.0 Å². The molecule has 0 atom stereocenters. The molecule has 0 unspecified atom stereocenters. The summed E-state index contributed by atoms with van der Waals surface area (Å²) in [5.41, 5.74) is 1.24. The van der Waals surface area contributed by atoms with Crippen molar-refractivity contribution in [1.29, 1.82) is 0 Å². The minimum absolute atomic E-state index is 0.255. The Bertz CT molecular complexity index is 320. The Labute approximate surface area is 74.4 Å². The number of aryl methyl sites for hydroxylation is 2. The van der Waals surface area contributed by atoms with E-state index in [1.807, 2.05) is 0 Å². The molecule has 0 aliphatic carbocycles. The molecule has 3 nitrogen and oxygen atoms in total. The maximum atomic E-state index is 11.9. The summed E-state index contributed by atoms with van der Waals surface area (Å²) in [6, 6.07) is 1.63. The number of nitrogens with zero attached hydrogens (tertiary/aromatic N) is 2. The number of hydrogen-bond acceptors (Lipinski definition) is 2. The molecule has 0 bridgehead atoms. The zero-order valence-corrected chi connectivity index (χ0v) is 7.42. The summed E-state index contributed by atoms with van der Waals surface area (Å²) in [6.07, 6.45) is -3.15. The van der Waals surface area contributed by atoms with Gasteiger partial charge in [-0.1, -0.05) is 0 Å². The minimum Gasteiger partial charge on any atom is -0.293 e. The average molecular weight is 188 g/mol. The van der Waals surface area contributed by atoms with E-state index in [1.165, 1.54) is 4.68 Å². The molecule has 1 aromatic rings. The third kappa shape index (κ3) is 2.34. The molecular formula is C8H10F2N2O. The Balaban J connectivity index is 2.74. The van der Waals surface area contributed by atoms with E-state index in [4.69, 9.17) is 0 Å². The third-order valence-electron chi connectivity index (χ3n) is 1.70. The van der Waals surface area contributed by atoms with Crippen molar-refractivity contribution in [3.8, 4) is 0 Å². The van der Waals surface area contributed by atoms with E-state index in [0.29, 0.717) is 5.69 Å². The highest BCUT2D eigenvalue weighted by Gasteiger charge is 2.17.